The standard InChI is InChI=1S/C22H24ClN5O2S/c1-4-28-19(12-20(29)24-17-9-7-16(23)8-10-17)26-27-22(28)31-13-21(30)25-18-11-14(2)5-6-15(18)3/h5-11H,4,12-13H2,1-3H3,(H,24,29)(H,25,30). The average Bonchev–Trinajstić information content (AvgIpc) is 3.12. The minimum Gasteiger partial charge on any atom is -0.326 e. The number of carbonyl (C=O) groups excluding carboxylic acids is 2. The zero-order valence-corrected chi connectivity index (χ0v) is 19.2. The predicted molar refractivity (Wildman–Crippen MR) is 125 cm³/mol. The van der Waals surface area contributed by atoms with Crippen molar-refractivity contribution in [3.8, 4) is 0 Å². The van der Waals surface area contributed by atoms with E-state index in [9.17, 15) is 9.59 Å². The second-order valence-electron chi connectivity index (χ2n) is 7.03. The van der Waals surface area contributed by atoms with Crippen LogP contribution in [0.4, 0.5) is 11.4 Å². The van der Waals surface area contributed by atoms with E-state index >= 15 is 0 Å². The second kappa shape index (κ2) is 10.5. The number of nitrogens with zero attached hydrogens (tertiary/aromatic N) is 3. The van der Waals surface area contributed by atoms with Crippen LogP contribution in [0.3, 0.4) is 0 Å². The Morgan fingerprint density at radius 3 is 2.48 bits per heavy atom. The van der Waals surface area contributed by atoms with E-state index in [0.29, 0.717) is 28.2 Å². The molecule has 0 aliphatic rings. The van der Waals surface area contributed by atoms with E-state index in [-0.39, 0.29) is 24.0 Å². The Hall–Kier alpha value is -2.84. The number of hydrogen-bond donors (Lipinski definition) is 2. The van der Waals surface area contributed by atoms with Gasteiger partial charge >= 0.3 is 0 Å². The largest absolute Gasteiger partial charge is 0.326 e. The molecular weight excluding hydrogens is 434 g/mol. The number of halogens is 1. The topological polar surface area (TPSA) is 88.9 Å². The van der Waals surface area contributed by atoms with Crippen molar-refractivity contribution in [2.24, 2.45) is 0 Å². The molecule has 0 unspecified atom stereocenters. The first-order valence-electron chi connectivity index (χ1n) is 9.83. The molecule has 7 nitrogen and oxygen atoms in total. The lowest BCUT2D eigenvalue weighted by atomic mass is 10.1. The molecule has 0 saturated carbocycles. The number of anilines is 2. The van der Waals surface area contributed by atoms with Gasteiger partial charge in [-0.1, -0.05) is 35.5 Å². The Morgan fingerprint density at radius 1 is 1.03 bits per heavy atom. The molecule has 0 radical (unpaired) electrons. The maximum Gasteiger partial charge on any atom is 0.234 e. The fourth-order valence-electron chi connectivity index (χ4n) is 2.94. The van der Waals surface area contributed by atoms with Gasteiger partial charge in [-0.2, -0.15) is 0 Å². The lowest BCUT2D eigenvalue weighted by molar-refractivity contribution is -0.116. The molecule has 31 heavy (non-hydrogen) atoms. The van der Waals surface area contributed by atoms with E-state index < -0.39 is 0 Å². The van der Waals surface area contributed by atoms with Crippen LogP contribution < -0.4 is 10.6 Å². The molecule has 0 bridgehead atoms. The zero-order chi connectivity index (χ0) is 22.4. The van der Waals surface area contributed by atoms with Crippen LogP contribution in [0.2, 0.25) is 5.02 Å². The molecule has 1 heterocycles. The van der Waals surface area contributed by atoms with Gasteiger partial charge in [0.2, 0.25) is 11.8 Å². The molecule has 0 fully saturated rings. The normalized spacial score (nSPS) is 10.7. The molecule has 0 aliphatic carbocycles. The summed E-state index contributed by atoms with van der Waals surface area (Å²) in [6, 6.07) is 12.8. The molecule has 162 valence electrons. The maximum atomic E-state index is 12.4. The van der Waals surface area contributed by atoms with Gasteiger partial charge in [0.15, 0.2) is 5.16 Å². The first-order chi connectivity index (χ1) is 14.9. The molecule has 2 N–H and O–H groups in total. The van der Waals surface area contributed by atoms with Crippen molar-refractivity contribution >= 4 is 46.6 Å². The van der Waals surface area contributed by atoms with Crippen molar-refractivity contribution in [2.45, 2.75) is 38.9 Å². The molecule has 2 aromatic carbocycles. The maximum absolute atomic E-state index is 12.4. The van der Waals surface area contributed by atoms with Crippen LogP contribution in [0.5, 0.6) is 0 Å². The smallest absolute Gasteiger partial charge is 0.234 e. The van der Waals surface area contributed by atoms with Crippen molar-refractivity contribution in [1.29, 1.82) is 0 Å². The number of aryl methyl sites for hydroxylation is 2. The fraction of sp³-hybridized carbons (Fsp3) is 0.273. The van der Waals surface area contributed by atoms with Crippen LogP contribution in [-0.4, -0.2) is 32.3 Å². The summed E-state index contributed by atoms with van der Waals surface area (Å²) in [5.41, 5.74) is 3.56. The van der Waals surface area contributed by atoms with Crippen LogP contribution in [0.15, 0.2) is 47.6 Å². The quantitative estimate of drug-likeness (QED) is 0.487. The molecule has 0 aliphatic heterocycles. The van der Waals surface area contributed by atoms with Crippen molar-refractivity contribution < 1.29 is 9.59 Å². The lowest BCUT2D eigenvalue weighted by Gasteiger charge is -2.10. The zero-order valence-electron chi connectivity index (χ0n) is 17.6. The van der Waals surface area contributed by atoms with Crippen molar-refractivity contribution in [3.05, 3.63) is 64.4 Å². The highest BCUT2D eigenvalue weighted by Gasteiger charge is 2.16. The monoisotopic (exact) mass is 457 g/mol. The van der Waals surface area contributed by atoms with Gasteiger partial charge in [-0.3, -0.25) is 9.59 Å². The van der Waals surface area contributed by atoms with Gasteiger partial charge in [-0.05, 0) is 62.2 Å². The summed E-state index contributed by atoms with van der Waals surface area (Å²) in [4.78, 5) is 24.8. The molecule has 0 atom stereocenters. The molecule has 0 saturated heterocycles. The molecule has 3 rings (SSSR count). The van der Waals surface area contributed by atoms with E-state index in [1.165, 1.54) is 11.8 Å². The summed E-state index contributed by atoms with van der Waals surface area (Å²) in [6.07, 6.45) is 0.0821. The van der Waals surface area contributed by atoms with Gasteiger partial charge in [-0.15, -0.1) is 10.2 Å². The van der Waals surface area contributed by atoms with Gasteiger partial charge in [0, 0.05) is 22.9 Å². The summed E-state index contributed by atoms with van der Waals surface area (Å²) in [7, 11) is 0. The third-order valence-corrected chi connectivity index (χ3v) is 5.77. The van der Waals surface area contributed by atoms with Gasteiger partial charge in [0.05, 0.1) is 12.2 Å². The Bertz CT molecular complexity index is 1080. The van der Waals surface area contributed by atoms with Crippen molar-refractivity contribution in [1.82, 2.24) is 14.8 Å². The minimum atomic E-state index is -0.200. The molecule has 1 aromatic heterocycles. The van der Waals surface area contributed by atoms with Crippen LogP contribution in [-0.2, 0) is 22.6 Å². The summed E-state index contributed by atoms with van der Waals surface area (Å²) in [5, 5.41) is 15.3. The Balaban J connectivity index is 1.59. The van der Waals surface area contributed by atoms with E-state index in [2.05, 4.69) is 20.8 Å². The number of rotatable bonds is 8. The van der Waals surface area contributed by atoms with E-state index in [0.717, 1.165) is 16.8 Å². The number of carbonyl (C=O) groups is 2. The molecule has 9 heteroatoms. The summed E-state index contributed by atoms with van der Waals surface area (Å²) < 4.78 is 1.84. The summed E-state index contributed by atoms with van der Waals surface area (Å²) in [5.74, 6) is 0.425. The van der Waals surface area contributed by atoms with Crippen molar-refractivity contribution in [2.75, 3.05) is 16.4 Å². The lowest BCUT2D eigenvalue weighted by Crippen LogP contribution is -2.18. The van der Waals surface area contributed by atoms with Gasteiger partial charge in [0.1, 0.15) is 5.82 Å². The number of benzene rings is 2. The second-order valence-corrected chi connectivity index (χ2v) is 8.41. The highest BCUT2D eigenvalue weighted by Crippen LogP contribution is 2.20. The number of nitrogens with one attached hydrogen (secondary N) is 2. The van der Waals surface area contributed by atoms with Crippen LogP contribution in [0.25, 0.3) is 0 Å². The van der Waals surface area contributed by atoms with E-state index in [4.69, 9.17) is 11.6 Å². The Labute approximate surface area is 190 Å². The SMILES string of the molecule is CCn1c(CC(=O)Nc2ccc(Cl)cc2)nnc1SCC(=O)Nc1cc(C)ccc1C. The Morgan fingerprint density at radius 2 is 1.77 bits per heavy atom. The molecule has 2 amide bonds. The van der Waals surface area contributed by atoms with E-state index in [1.54, 1.807) is 24.3 Å². The third-order valence-electron chi connectivity index (χ3n) is 4.56. The van der Waals surface area contributed by atoms with Gasteiger partial charge < -0.3 is 15.2 Å². The van der Waals surface area contributed by atoms with Gasteiger partial charge in [-0.25, -0.2) is 0 Å². The van der Waals surface area contributed by atoms with Crippen molar-refractivity contribution in [3.63, 3.8) is 0 Å². The van der Waals surface area contributed by atoms with Crippen LogP contribution in [0, 0.1) is 13.8 Å². The fourth-order valence-corrected chi connectivity index (χ4v) is 3.89. The minimum absolute atomic E-state index is 0.0821. The number of amides is 2. The average molecular weight is 458 g/mol. The van der Waals surface area contributed by atoms with Crippen LogP contribution >= 0.6 is 23.4 Å². The highest BCUT2D eigenvalue weighted by molar-refractivity contribution is 7.99. The molecule has 3 aromatic rings. The van der Waals surface area contributed by atoms with Crippen LogP contribution in [0.1, 0.15) is 23.9 Å². The molecule has 0 spiro atoms. The third kappa shape index (κ3) is 6.32. The highest BCUT2D eigenvalue weighted by atomic mass is 35.5. The predicted octanol–water partition coefficient (Wildman–Crippen LogP) is 4.48. The number of thioether (sulfide) groups is 1. The number of aromatic nitrogens is 3. The van der Waals surface area contributed by atoms with E-state index in [1.807, 2.05) is 43.5 Å². The van der Waals surface area contributed by atoms with Gasteiger partial charge in [0.25, 0.3) is 0 Å². The first kappa shape index (κ1) is 22.8. The molecular formula is C22H24ClN5O2S. The summed E-state index contributed by atoms with van der Waals surface area (Å²) in [6.45, 7) is 6.48. The Kier molecular flexibility index (Phi) is 7.70. The first-order valence-corrected chi connectivity index (χ1v) is 11.2. The number of hydrogen-bond acceptors (Lipinski definition) is 5. The summed E-state index contributed by atoms with van der Waals surface area (Å²) >= 11 is 7.16.